The summed E-state index contributed by atoms with van der Waals surface area (Å²) < 4.78 is 72.7. The molecule has 0 bridgehead atoms. The van der Waals surface area contributed by atoms with Crippen molar-refractivity contribution in [2.45, 2.75) is 29.4 Å². The number of nitrogen functional groups attached to an aromatic ring is 1. The van der Waals surface area contributed by atoms with Crippen LogP contribution in [0.1, 0.15) is 16.7 Å². The van der Waals surface area contributed by atoms with Crippen molar-refractivity contribution in [3.8, 4) is 39.8 Å². The molecule has 0 fully saturated rings. The van der Waals surface area contributed by atoms with Gasteiger partial charge in [0.25, 0.3) is 0 Å². The highest BCUT2D eigenvalue weighted by Gasteiger charge is 2.36. The van der Waals surface area contributed by atoms with Gasteiger partial charge in [0.1, 0.15) is 22.1 Å². The fourth-order valence-corrected chi connectivity index (χ4v) is 9.53. The lowest BCUT2D eigenvalue weighted by molar-refractivity contribution is 0.396. The normalized spacial score (nSPS) is 12.2. The molecule has 17 heteroatoms. The Hall–Kier alpha value is -5.72. The number of fused-ring (bicyclic) bond motifs is 1. The van der Waals surface area contributed by atoms with Gasteiger partial charge in [-0.3, -0.25) is 0 Å². The summed E-state index contributed by atoms with van der Waals surface area (Å²) in [6.45, 7) is -0.00998. The lowest BCUT2D eigenvalue weighted by Crippen LogP contribution is -2.31. The smallest absolute Gasteiger partial charge is 0.245 e. The summed E-state index contributed by atoms with van der Waals surface area (Å²) in [6, 6.07) is 29.6. The maximum Gasteiger partial charge on any atom is 0.245 e. The number of hydrogen-bond donors (Lipinski definition) is 2. The number of nitrogens with two attached hydrogens (primary N) is 1. The molecule has 5 aromatic carbocycles. The molecule has 0 aliphatic rings. The van der Waals surface area contributed by atoms with Gasteiger partial charge in [-0.1, -0.05) is 65.9 Å². The molecule has 1 atom stereocenters. The number of para-hydroxylation sites is 1. The Morgan fingerprint density at radius 3 is 1.89 bits per heavy atom. The summed E-state index contributed by atoms with van der Waals surface area (Å²) in [5, 5.41) is 13.6. The summed E-state index contributed by atoms with van der Waals surface area (Å²) in [7, 11) is -0.0112. The van der Waals surface area contributed by atoms with E-state index in [2.05, 4.69) is 20.4 Å². The predicted molar refractivity (Wildman–Crippen MR) is 210 cm³/mol. The standard InChI is InChI=1S/C38H35N7O7S3/c1-50-27-13-7-24(8-14-27)21-44(22-25-9-15-28(51-2)16-10-25)55(48,49)36-33(54(46)47)20-19-30(31-5-4-6-32-35(31)40-38(39)53-32)34(36)37-41-43-45(42-37)23-26-11-17-29(52-3)18-12-26/h4-20H,21-23H2,1-3H3,(H2,39,40)(H,46,47). The molecule has 2 heterocycles. The van der Waals surface area contributed by atoms with Gasteiger partial charge in [-0.2, -0.15) is 9.10 Å². The van der Waals surface area contributed by atoms with Gasteiger partial charge in [-0.25, -0.2) is 17.6 Å². The van der Waals surface area contributed by atoms with E-state index in [4.69, 9.17) is 19.9 Å². The number of anilines is 1. The van der Waals surface area contributed by atoms with Gasteiger partial charge < -0.3 is 24.5 Å². The second kappa shape index (κ2) is 15.9. The van der Waals surface area contributed by atoms with E-state index in [-0.39, 0.29) is 35.9 Å². The highest BCUT2D eigenvalue weighted by molar-refractivity contribution is 7.90. The number of thiazole rings is 1. The quantitative estimate of drug-likeness (QED) is 0.118. The van der Waals surface area contributed by atoms with Gasteiger partial charge in [0.05, 0.1) is 48.5 Å². The first-order valence-electron chi connectivity index (χ1n) is 16.7. The molecule has 55 heavy (non-hydrogen) atoms. The van der Waals surface area contributed by atoms with Gasteiger partial charge in [0.15, 0.2) is 16.2 Å². The van der Waals surface area contributed by atoms with Crippen molar-refractivity contribution in [1.29, 1.82) is 0 Å². The SMILES string of the molecule is COc1ccc(CN(Cc2ccc(OC)cc2)S(=O)(=O)c2c(S(=O)O)ccc(-c3cccc4sc(N)nc34)c2-c2nnn(Cc3ccc(OC)cc3)n2)cc1. The van der Waals surface area contributed by atoms with Crippen LogP contribution >= 0.6 is 11.3 Å². The van der Waals surface area contributed by atoms with E-state index in [9.17, 15) is 8.76 Å². The van der Waals surface area contributed by atoms with Crippen molar-refractivity contribution in [1.82, 2.24) is 29.5 Å². The topological polar surface area (TPSA) is 185 Å². The Bertz CT molecular complexity index is 2550. The third kappa shape index (κ3) is 7.92. The fourth-order valence-electron chi connectivity index (χ4n) is 6.12. The number of methoxy groups -OCH3 is 3. The van der Waals surface area contributed by atoms with Gasteiger partial charge in [0.2, 0.25) is 15.8 Å². The van der Waals surface area contributed by atoms with Crippen LogP contribution in [0.5, 0.6) is 17.2 Å². The molecule has 0 saturated heterocycles. The van der Waals surface area contributed by atoms with Crippen molar-refractivity contribution < 1.29 is 31.4 Å². The van der Waals surface area contributed by atoms with Crippen LogP contribution < -0.4 is 19.9 Å². The lowest BCUT2D eigenvalue weighted by atomic mass is 9.98. The molecule has 7 rings (SSSR count). The number of benzene rings is 5. The minimum absolute atomic E-state index is 0.0191. The molecular weight excluding hydrogens is 763 g/mol. The zero-order valence-electron chi connectivity index (χ0n) is 29.8. The molecule has 0 spiro atoms. The maximum absolute atomic E-state index is 15.4. The molecule has 0 amide bonds. The van der Waals surface area contributed by atoms with Crippen LogP contribution in [0.4, 0.5) is 5.13 Å². The van der Waals surface area contributed by atoms with Gasteiger partial charge >= 0.3 is 0 Å². The first kappa shape index (κ1) is 37.6. The molecule has 1 unspecified atom stereocenters. The second-order valence-corrected chi connectivity index (χ2v) is 16.1. The van der Waals surface area contributed by atoms with Crippen molar-refractivity contribution in [2.75, 3.05) is 27.1 Å². The molecule has 14 nitrogen and oxygen atoms in total. The van der Waals surface area contributed by atoms with Crippen molar-refractivity contribution in [3.63, 3.8) is 0 Å². The maximum atomic E-state index is 15.4. The lowest BCUT2D eigenvalue weighted by Gasteiger charge is -2.25. The van der Waals surface area contributed by atoms with Crippen LogP contribution in [0.2, 0.25) is 0 Å². The summed E-state index contributed by atoms with van der Waals surface area (Å²) in [4.78, 5) is 5.08. The Kier molecular flexibility index (Phi) is 10.9. The monoisotopic (exact) mass is 797 g/mol. The minimum atomic E-state index is -4.67. The van der Waals surface area contributed by atoms with E-state index in [1.54, 1.807) is 100 Å². The Morgan fingerprint density at radius 2 is 1.35 bits per heavy atom. The van der Waals surface area contributed by atoms with E-state index in [0.29, 0.717) is 50.2 Å². The molecule has 0 aliphatic carbocycles. The van der Waals surface area contributed by atoms with Crippen LogP contribution in [0, 0.1) is 0 Å². The van der Waals surface area contributed by atoms with E-state index < -0.39 is 26.0 Å². The third-order valence-corrected chi connectivity index (χ3v) is 12.4. The van der Waals surface area contributed by atoms with E-state index >= 15 is 8.42 Å². The third-order valence-electron chi connectivity index (χ3n) is 8.83. The first-order valence-corrected chi connectivity index (χ1v) is 20.0. The zero-order valence-corrected chi connectivity index (χ0v) is 32.3. The van der Waals surface area contributed by atoms with Crippen LogP contribution in [-0.2, 0) is 40.7 Å². The number of rotatable bonds is 14. The predicted octanol–water partition coefficient (Wildman–Crippen LogP) is 6.24. The van der Waals surface area contributed by atoms with Crippen LogP contribution in [-0.4, -0.2) is 68.0 Å². The van der Waals surface area contributed by atoms with Crippen LogP contribution in [0.15, 0.2) is 113 Å². The molecule has 282 valence electrons. The molecule has 0 saturated carbocycles. The molecule has 0 radical (unpaired) electrons. The van der Waals surface area contributed by atoms with Crippen LogP contribution in [0.3, 0.4) is 0 Å². The van der Waals surface area contributed by atoms with E-state index in [0.717, 1.165) is 10.3 Å². The summed E-state index contributed by atoms with van der Waals surface area (Å²) >= 11 is -1.49. The molecule has 7 aromatic rings. The number of tetrazole rings is 1. The summed E-state index contributed by atoms with van der Waals surface area (Å²) in [5.74, 6) is 1.79. The average molecular weight is 798 g/mol. The molecule has 3 N–H and O–H groups in total. The molecule has 2 aromatic heterocycles. The Morgan fingerprint density at radius 1 is 0.782 bits per heavy atom. The first-order chi connectivity index (χ1) is 26.6. The number of ether oxygens (including phenoxy) is 3. The number of aromatic nitrogens is 5. The number of hydrogen-bond acceptors (Lipinski definition) is 12. The highest BCUT2D eigenvalue weighted by Crippen LogP contribution is 2.43. The summed E-state index contributed by atoms with van der Waals surface area (Å²) in [6.07, 6.45) is 0. The van der Waals surface area contributed by atoms with Crippen LogP contribution in [0.25, 0.3) is 32.7 Å². The fraction of sp³-hybridized carbons (Fsp3) is 0.158. The van der Waals surface area contributed by atoms with Gasteiger partial charge in [0, 0.05) is 18.7 Å². The number of nitrogens with zero attached hydrogens (tertiary/aromatic N) is 6. The van der Waals surface area contributed by atoms with Crippen molar-refractivity contribution >= 4 is 47.8 Å². The molecule has 0 aliphatic heterocycles. The van der Waals surface area contributed by atoms with E-state index in [1.165, 1.54) is 26.5 Å². The molecular formula is C38H35N7O7S3. The highest BCUT2D eigenvalue weighted by atomic mass is 32.2. The Labute approximate surface area is 323 Å². The zero-order chi connectivity index (χ0) is 38.7. The van der Waals surface area contributed by atoms with E-state index in [1.807, 2.05) is 18.2 Å². The Balaban J connectivity index is 1.45. The average Bonchev–Trinajstić information content (AvgIpc) is 3.83. The summed E-state index contributed by atoms with van der Waals surface area (Å²) in [5.41, 5.74) is 9.63. The van der Waals surface area contributed by atoms with Crippen molar-refractivity contribution in [3.05, 3.63) is 120 Å². The number of sulfonamides is 1. The minimum Gasteiger partial charge on any atom is -0.497 e. The largest absolute Gasteiger partial charge is 0.497 e. The van der Waals surface area contributed by atoms with Gasteiger partial charge in [-0.15, -0.1) is 10.2 Å². The van der Waals surface area contributed by atoms with Crippen molar-refractivity contribution in [2.24, 2.45) is 0 Å². The van der Waals surface area contributed by atoms with Gasteiger partial charge in [-0.05, 0) is 76.0 Å². The second-order valence-electron chi connectivity index (χ2n) is 12.2.